The highest BCUT2D eigenvalue weighted by atomic mass is 16.5. The molecule has 0 bridgehead atoms. The first-order valence-electron chi connectivity index (χ1n) is 10.5. The van der Waals surface area contributed by atoms with Gasteiger partial charge in [0.05, 0.1) is 19.9 Å². The highest BCUT2D eigenvalue weighted by Gasteiger charge is 2.16. The van der Waals surface area contributed by atoms with E-state index in [0.717, 1.165) is 11.1 Å². The van der Waals surface area contributed by atoms with Crippen LogP contribution in [0, 0.1) is 6.92 Å². The quantitative estimate of drug-likeness (QED) is 0.389. The van der Waals surface area contributed by atoms with Crippen LogP contribution in [0.4, 0.5) is 10.6 Å². The molecule has 0 aliphatic carbocycles. The Balaban J connectivity index is 1.58. The number of methoxy groups -OCH3 is 2. The van der Waals surface area contributed by atoms with E-state index in [1.165, 1.54) is 10.7 Å². The molecule has 4 aromatic rings. The van der Waals surface area contributed by atoms with E-state index in [9.17, 15) is 9.59 Å². The third-order valence-electron chi connectivity index (χ3n) is 4.98. The van der Waals surface area contributed by atoms with Crippen molar-refractivity contribution in [3.8, 4) is 28.7 Å². The van der Waals surface area contributed by atoms with Gasteiger partial charge in [-0.2, -0.15) is 9.78 Å². The Kier molecular flexibility index (Phi) is 6.58. The van der Waals surface area contributed by atoms with Gasteiger partial charge in [-0.25, -0.2) is 9.78 Å². The number of aryl methyl sites for hydroxylation is 1. The Bertz CT molecular complexity index is 1360. The molecule has 10 nitrogen and oxygen atoms in total. The van der Waals surface area contributed by atoms with Crippen LogP contribution >= 0.6 is 0 Å². The van der Waals surface area contributed by atoms with E-state index in [0.29, 0.717) is 28.7 Å². The zero-order chi connectivity index (χ0) is 24.1. The number of aromatic amines is 1. The van der Waals surface area contributed by atoms with Crippen molar-refractivity contribution in [3.05, 3.63) is 82.3 Å². The van der Waals surface area contributed by atoms with Crippen molar-refractivity contribution in [1.29, 1.82) is 0 Å². The molecule has 2 amide bonds. The van der Waals surface area contributed by atoms with Crippen LogP contribution in [0.15, 0.2) is 65.5 Å². The van der Waals surface area contributed by atoms with Crippen LogP contribution in [0.5, 0.6) is 11.5 Å². The van der Waals surface area contributed by atoms with Crippen molar-refractivity contribution in [3.63, 3.8) is 0 Å². The maximum Gasteiger partial charge on any atom is 0.320 e. The van der Waals surface area contributed by atoms with E-state index in [1.54, 1.807) is 39.3 Å². The number of carbonyl (C=O) groups excluding carboxylic acids is 1. The van der Waals surface area contributed by atoms with E-state index in [-0.39, 0.29) is 18.1 Å². The summed E-state index contributed by atoms with van der Waals surface area (Å²) in [5.41, 5.74) is 2.50. The van der Waals surface area contributed by atoms with Gasteiger partial charge in [0.25, 0.3) is 5.56 Å². The summed E-state index contributed by atoms with van der Waals surface area (Å²) in [6.45, 7) is 1.97. The molecule has 0 atom stereocenters. The summed E-state index contributed by atoms with van der Waals surface area (Å²) in [4.78, 5) is 31.7. The van der Waals surface area contributed by atoms with Crippen LogP contribution in [0.2, 0.25) is 0 Å². The number of aromatic nitrogens is 4. The lowest BCUT2D eigenvalue weighted by Crippen LogP contribution is -2.29. The summed E-state index contributed by atoms with van der Waals surface area (Å²) in [6.07, 6.45) is 0. The summed E-state index contributed by atoms with van der Waals surface area (Å²) >= 11 is 0. The molecule has 3 N–H and O–H groups in total. The minimum Gasteiger partial charge on any atom is -0.493 e. The fraction of sp³-hybridized carbons (Fsp3) is 0.167. The van der Waals surface area contributed by atoms with Crippen LogP contribution in [0.25, 0.3) is 17.2 Å². The Morgan fingerprint density at radius 3 is 2.50 bits per heavy atom. The summed E-state index contributed by atoms with van der Waals surface area (Å²) in [7, 11) is 3.11. The summed E-state index contributed by atoms with van der Waals surface area (Å²) in [5.74, 6) is 1.72. The van der Waals surface area contributed by atoms with Crippen LogP contribution < -0.4 is 25.7 Å². The fourth-order valence-electron chi connectivity index (χ4n) is 3.38. The SMILES string of the molecule is COc1ccc(CNC(=O)Nc2cc(-c3ccccc3)nn2-c2nc(C)cc(=O)[nH]2)cc1OC. The van der Waals surface area contributed by atoms with Gasteiger partial charge in [-0.3, -0.25) is 15.1 Å². The van der Waals surface area contributed by atoms with Crippen molar-refractivity contribution >= 4 is 11.8 Å². The molecule has 0 unspecified atom stereocenters. The third-order valence-corrected chi connectivity index (χ3v) is 4.98. The van der Waals surface area contributed by atoms with Crippen molar-refractivity contribution in [1.82, 2.24) is 25.1 Å². The molecular weight excluding hydrogens is 436 g/mol. The predicted octanol–water partition coefficient (Wildman–Crippen LogP) is 3.27. The van der Waals surface area contributed by atoms with Gasteiger partial charge in [-0.05, 0) is 24.6 Å². The van der Waals surface area contributed by atoms with Gasteiger partial charge in [-0.1, -0.05) is 36.4 Å². The van der Waals surface area contributed by atoms with E-state index >= 15 is 0 Å². The lowest BCUT2D eigenvalue weighted by atomic mass is 10.2. The van der Waals surface area contributed by atoms with Crippen LogP contribution in [0.1, 0.15) is 11.3 Å². The molecule has 2 heterocycles. The second kappa shape index (κ2) is 9.90. The molecule has 2 aromatic heterocycles. The lowest BCUT2D eigenvalue weighted by Gasteiger charge is -2.11. The fourth-order valence-corrected chi connectivity index (χ4v) is 3.38. The zero-order valence-corrected chi connectivity index (χ0v) is 19.0. The number of H-pyrrole nitrogens is 1. The minimum atomic E-state index is -0.453. The number of ether oxygens (including phenoxy) is 2. The van der Waals surface area contributed by atoms with E-state index < -0.39 is 6.03 Å². The molecule has 34 heavy (non-hydrogen) atoms. The summed E-state index contributed by atoms with van der Waals surface area (Å²) < 4.78 is 11.9. The van der Waals surface area contributed by atoms with Gasteiger partial charge in [-0.15, -0.1) is 0 Å². The van der Waals surface area contributed by atoms with Crippen LogP contribution in [0.3, 0.4) is 0 Å². The van der Waals surface area contributed by atoms with Gasteiger partial charge in [0, 0.05) is 29.9 Å². The normalized spacial score (nSPS) is 10.6. The number of anilines is 1. The highest BCUT2D eigenvalue weighted by molar-refractivity contribution is 5.89. The average molecular weight is 460 g/mol. The topological polar surface area (TPSA) is 123 Å². The number of amides is 2. The number of benzene rings is 2. The van der Waals surface area contributed by atoms with Gasteiger partial charge in [0.15, 0.2) is 11.5 Å². The molecule has 0 aliphatic rings. The Hall–Kier alpha value is -4.60. The molecular formula is C24H24N6O4. The highest BCUT2D eigenvalue weighted by Crippen LogP contribution is 2.27. The summed E-state index contributed by atoms with van der Waals surface area (Å²) in [5, 5.41) is 10.2. The van der Waals surface area contributed by atoms with Gasteiger partial charge in [0.2, 0.25) is 5.95 Å². The zero-order valence-electron chi connectivity index (χ0n) is 19.0. The third kappa shape index (κ3) is 5.07. The number of urea groups is 1. The number of nitrogens with zero attached hydrogens (tertiary/aromatic N) is 3. The van der Waals surface area contributed by atoms with Gasteiger partial charge in [0.1, 0.15) is 5.82 Å². The molecule has 174 valence electrons. The molecule has 0 fully saturated rings. The Morgan fingerprint density at radius 1 is 1.03 bits per heavy atom. The minimum absolute atomic E-state index is 0.197. The number of hydrogen-bond acceptors (Lipinski definition) is 6. The number of nitrogens with one attached hydrogen (secondary N) is 3. The lowest BCUT2D eigenvalue weighted by molar-refractivity contribution is 0.251. The van der Waals surface area contributed by atoms with Crippen molar-refractivity contribution < 1.29 is 14.3 Å². The van der Waals surface area contributed by atoms with Crippen LogP contribution in [-0.2, 0) is 6.54 Å². The molecule has 2 aromatic carbocycles. The maximum atomic E-state index is 12.7. The predicted molar refractivity (Wildman–Crippen MR) is 128 cm³/mol. The first-order chi connectivity index (χ1) is 16.5. The monoisotopic (exact) mass is 460 g/mol. The number of rotatable bonds is 7. The van der Waals surface area contributed by atoms with E-state index in [1.807, 2.05) is 36.4 Å². The Morgan fingerprint density at radius 2 is 1.79 bits per heavy atom. The van der Waals surface area contributed by atoms with Crippen molar-refractivity contribution in [2.45, 2.75) is 13.5 Å². The largest absolute Gasteiger partial charge is 0.493 e. The number of hydrogen-bond donors (Lipinski definition) is 3. The van der Waals surface area contributed by atoms with Crippen LogP contribution in [-0.4, -0.2) is 40.0 Å². The van der Waals surface area contributed by atoms with E-state index in [2.05, 4.69) is 25.7 Å². The molecule has 4 rings (SSSR count). The van der Waals surface area contributed by atoms with E-state index in [4.69, 9.17) is 9.47 Å². The smallest absolute Gasteiger partial charge is 0.320 e. The first kappa shape index (κ1) is 22.6. The second-order valence-corrected chi connectivity index (χ2v) is 7.40. The molecule has 10 heteroatoms. The molecule has 0 saturated carbocycles. The molecule has 0 saturated heterocycles. The standard InChI is InChI=1S/C24H24N6O4/c1-15-11-22(31)28-23(26-15)30-21(13-18(29-30)17-7-5-4-6-8-17)27-24(32)25-14-16-9-10-19(33-2)20(12-16)34-3/h4-13H,14H2,1-3H3,(H2,25,27,32)(H,26,28,31). The Labute approximate surface area is 195 Å². The average Bonchev–Trinajstić information content (AvgIpc) is 3.26. The number of carbonyl (C=O) groups is 1. The van der Waals surface area contributed by atoms with Gasteiger partial charge < -0.3 is 14.8 Å². The van der Waals surface area contributed by atoms with Gasteiger partial charge >= 0.3 is 6.03 Å². The molecule has 0 radical (unpaired) electrons. The maximum absolute atomic E-state index is 12.7. The summed E-state index contributed by atoms with van der Waals surface area (Å²) in [6, 6.07) is 17.5. The second-order valence-electron chi connectivity index (χ2n) is 7.40. The van der Waals surface area contributed by atoms with Crippen molar-refractivity contribution in [2.24, 2.45) is 0 Å². The first-order valence-corrected chi connectivity index (χ1v) is 10.5. The molecule has 0 spiro atoms. The van der Waals surface area contributed by atoms with Crippen molar-refractivity contribution in [2.75, 3.05) is 19.5 Å². The molecule has 0 aliphatic heterocycles.